The molecule has 0 saturated heterocycles. The molecule has 113 heavy (non-hydrogen) atoms. The van der Waals surface area contributed by atoms with Crippen molar-refractivity contribution in [1.82, 2.24) is 29.1 Å². The van der Waals surface area contributed by atoms with Gasteiger partial charge in [0, 0.05) is 86.3 Å². The lowest BCUT2D eigenvalue weighted by molar-refractivity contribution is 0.311. The standard InChI is InChI=1S/C105H84N6OS/c1-101(2)48-49-102(3,4)82-57-89-76(55-80(82)101)69-28-11-17-38-87(69)110(89)65-44-46-66-61(53-65)24-20-33-73(66)99-108-95(93-74-30-13-19-41-91(74)112-100(93)109-99)63-43-47-92-78(54-63)72-32-21-26-64(98(72)113-92)59-105(9)51-50-103(5,6)81-56-77-70-29-12-18-39-88(70)111(90(77)58-83(81)105)86-40-22-25-60-52-62(42-45-67(60)86)96-97(107-85-37-16-15-36-84(85)106-96)75-34-23-31-71-68-27-10-14-35-79(68)104(7,8)94(71)75/h10-47,52-58,68,79H,48-51,59H2,1-9H3. The van der Waals surface area contributed by atoms with Gasteiger partial charge in [-0.2, -0.15) is 4.98 Å². The van der Waals surface area contributed by atoms with Crippen LogP contribution in [0, 0.1) is 5.92 Å². The minimum absolute atomic E-state index is 0.0393. The van der Waals surface area contributed by atoms with Crippen molar-refractivity contribution in [3.05, 3.63) is 312 Å². The summed E-state index contributed by atoms with van der Waals surface area (Å²) in [6.07, 6.45) is 14.6. The summed E-state index contributed by atoms with van der Waals surface area (Å²) in [5.74, 6) is 1.32. The normalized spacial score (nSPS) is 18.6. The fourth-order valence-electron chi connectivity index (χ4n) is 21.3. The average Bonchev–Trinajstić information content (AvgIpc) is 1.62. The molecule has 6 aromatic heterocycles. The van der Waals surface area contributed by atoms with Gasteiger partial charge in [0.05, 0.1) is 61.3 Å². The van der Waals surface area contributed by atoms with E-state index < -0.39 is 0 Å². The summed E-state index contributed by atoms with van der Waals surface area (Å²) < 4.78 is 14.4. The topological polar surface area (TPSA) is 74.6 Å². The number of fused-ring (bicyclic) bond motifs is 20. The summed E-state index contributed by atoms with van der Waals surface area (Å²) in [4.78, 5) is 22.2. The first-order valence-corrected chi connectivity index (χ1v) is 41.3. The van der Waals surface area contributed by atoms with Crippen LogP contribution in [0.4, 0.5) is 0 Å². The van der Waals surface area contributed by atoms with Crippen molar-refractivity contribution in [1.29, 1.82) is 0 Å². The van der Waals surface area contributed by atoms with Crippen LogP contribution in [0.5, 0.6) is 0 Å². The van der Waals surface area contributed by atoms with Crippen LogP contribution in [0.3, 0.4) is 0 Å². The molecule has 7 nitrogen and oxygen atoms in total. The van der Waals surface area contributed by atoms with E-state index in [1.54, 1.807) is 0 Å². The van der Waals surface area contributed by atoms with E-state index in [0.717, 1.165) is 114 Å². The Kier molecular flexibility index (Phi) is 14.0. The second-order valence-corrected chi connectivity index (χ2v) is 36.9. The monoisotopic (exact) mass is 1480 g/mol. The van der Waals surface area contributed by atoms with Gasteiger partial charge in [-0.25, -0.2) is 15.0 Å². The van der Waals surface area contributed by atoms with Crippen LogP contribution in [-0.2, 0) is 33.5 Å². The van der Waals surface area contributed by atoms with E-state index in [0.29, 0.717) is 23.4 Å². The summed E-state index contributed by atoms with van der Waals surface area (Å²) in [5, 5.41) is 14.1. The quantitative estimate of drug-likeness (QED) is 0.152. The van der Waals surface area contributed by atoms with E-state index in [4.69, 9.17) is 24.4 Å². The highest BCUT2D eigenvalue weighted by atomic mass is 32.1. The van der Waals surface area contributed by atoms with E-state index in [2.05, 4.69) is 332 Å². The molecule has 8 heteroatoms. The first kappa shape index (κ1) is 66.7. The highest BCUT2D eigenvalue weighted by molar-refractivity contribution is 7.26. The minimum atomic E-state index is -0.185. The molecule has 0 aliphatic heterocycles. The molecule has 0 radical (unpaired) electrons. The Morgan fingerprint density at radius 2 is 1.02 bits per heavy atom. The molecule has 23 rings (SSSR count). The Hall–Kier alpha value is -12.1. The number of allylic oxidation sites excluding steroid dienone is 4. The SMILES string of the molecule is CC1(C)CCC(C)(C)c2cc3c(cc21)c1ccccc1n3-c1ccc2c(-c3nc(-c4ccc5sc6c(CC7(C)CCC(C)(C)c8cc9c%10ccccc%10n(-c%10cccc%11cc(-c%12nc%13ccccc%13nc%12-c%12cccc%13c%12C(C)(C)C%12C=CC=CC%13%12)ccc%10%11)c9cc87)cccc6c5c4)c4c(n3)oc3ccccc34)cccc2c1. The first-order chi connectivity index (χ1) is 54.8. The lowest BCUT2D eigenvalue weighted by atomic mass is 9.60. The highest BCUT2D eigenvalue weighted by Gasteiger charge is 2.47. The second-order valence-electron chi connectivity index (χ2n) is 35.9. The van der Waals surface area contributed by atoms with Crippen LogP contribution < -0.4 is 0 Å². The second kappa shape index (κ2) is 23.7. The summed E-state index contributed by atoms with van der Waals surface area (Å²) in [6, 6.07) is 93.1. The molecular weight excluding hydrogens is 1390 g/mol. The number of nitrogens with zero attached hydrogens (tertiary/aromatic N) is 6. The Morgan fingerprint density at radius 1 is 0.416 bits per heavy atom. The summed E-state index contributed by atoms with van der Waals surface area (Å²) in [7, 11) is 0. The molecule has 0 saturated carbocycles. The third-order valence-electron chi connectivity index (χ3n) is 27.4. The summed E-state index contributed by atoms with van der Waals surface area (Å²) in [5.41, 5.74) is 27.1. The molecular formula is C105H84N6OS. The molecule has 0 bridgehead atoms. The van der Waals surface area contributed by atoms with Crippen LogP contribution >= 0.6 is 11.3 Å². The zero-order valence-electron chi connectivity index (χ0n) is 65.2. The third-order valence-corrected chi connectivity index (χ3v) is 28.7. The van der Waals surface area contributed by atoms with Crippen molar-refractivity contribution in [2.24, 2.45) is 5.92 Å². The van der Waals surface area contributed by atoms with Gasteiger partial charge in [0.25, 0.3) is 0 Å². The Bertz CT molecular complexity index is 7470. The number of benzene rings is 13. The molecule has 3 atom stereocenters. The van der Waals surface area contributed by atoms with Crippen molar-refractivity contribution >= 4 is 130 Å². The molecule has 6 heterocycles. The molecule has 0 amide bonds. The fourth-order valence-corrected chi connectivity index (χ4v) is 22.5. The van der Waals surface area contributed by atoms with E-state index in [1.807, 2.05) is 23.5 Å². The van der Waals surface area contributed by atoms with Gasteiger partial charge in [0.1, 0.15) is 5.58 Å². The number of furan rings is 1. The van der Waals surface area contributed by atoms with Gasteiger partial charge in [-0.3, -0.25) is 0 Å². The van der Waals surface area contributed by atoms with Crippen LogP contribution in [0.15, 0.2) is 277 Å². The van der Waals surface area contributed by atoms with Crippen molar-refractivity contribution in [2.45, 2.75) is 127 Å². The van der Waals surface area contributed by atoms with Gasteiger partial charge in [-0.15, -0.1) is 11.3 Å². The summed E-state index contributed by atoms with van der Waals surface area (Å²) >= 11 is 1.92. The maximum Gasteiger partial charge on any atom is 0.231 e. The predicted octanol–water partition coefficient (Wildman–Crippen LogP) is 27.9. The van der Waals surface area contributed by atoms with Crippen molar-refractivity contribution in [2.75, 3.05) is 0 Å². The molecule has 13 aromatic carbocycles. The van der Waals surface area contributed by atoms with Crippen LogP contribution in [0.2, 0.25) is 0 Å². The number of hydrogen-bond acceptors (Lipinski definition) is 6. The third kappa shape index (κ3) is 9.78. The van der Waals surface area contributed by atoms with E-state index in [1.165, 1.54) is 120 Å². The fraction of sp³-hybridized carbons (Fsp3) is 0.200. The van der Waals surface area contributed by atoms with E-state index in [-0.39, 0.29) is 27.1 Å². The Labute approximate surface area is 660 Å². The molecule has 19 aromatic rings. The number of para-hydroxylation sites is 5. The lowest BCUT2D eigenvalue weighted by Crippen LogP contribution is -2.37. The van der Waals surface area contributed by atoms with Crippen LogP contribution in [-0.4, -0.2) is 29.1 Å². The number of aromatic nitrogens is 6. The van der Waals surface area contributed by atoms with Crippen molar-refractivity contribution in [3.63, 3.8) is 0 Å². The largest absolute Gasteiger partial charge is 0.438 e. The van der Waals surface area contributed by atoms with Gasteiger partial charge in [0.2, 0.25) is 5.71 Å². The van der Waals surface area contributed by atoms with Crippen LogP contribution in [0.1, 0.15) is 133 Å². The van der Waals surface area contributed by atoms with Gasteiger partial charge in [-0.1, -0.05) is 244 Å². The zero-order chi connectivity index (χ0) is 75.9. The van der Waals surface area contributed by atoms with Gasteiger partial charge in [0.15, 0.2) is 5.82 Å². The van der Waals surface area contributed by atoms with Gasteiger partial charge < -0.3 is 13.6 Å². The highest BCUT2D eigenvalue weighted by Crippen LogP contribution is 2.58. The maximum absolute atomic E-state index is 6.78. The first-order valence-electron chi connectivity index (χ1n) is 40.5. The van der Waals surface area contributed by atoms with Crippen molar-refractivity contribution in [3.8, 4) is 56.5 Å². The zero-order valence-corrected chi connectivity index (χ0v) is 66.0. The Balaban J connectivity index is 0.621. The lowest BCUT2D eigenvalue weighted by Gasteiger charge is -2.44. The molecule has 4 aliphatic carbocycles. The minimum Gasteiger partial charge on any atom is -0.438 e. The maximum atomic E-state index is 6.78. The number of rotatable bonds is 8. The molecule has 0 N–H and O–H groups in total. The molecule has 4 aliphatic rings. The average molecular weight is 1480 g/mol. The Morgan fingerprint density at radius 3 is 1.81 bits per heavy atom. The van der Waals surface area contributed by atoms with Crippen LogP contribution in [0.25, 0.3) is 175 Å². The van der Waals surface area contributed by atoms with Crippen molar-refractivity contribution < 1.29 is 4.42 Å². The van der Waals surface area contributed by atoms with E-state index >= 15 is 0 Å². The number of thiophene rings is 1. The van der Waals surface area contributed by atoms with Gasteiger partial charge in [-0.05, 0) is 211 Å². The molecule has 546 valence electrons. The smallest absolute Gasteiger partial charge is 0.231 e. The van der Waals surface area contributed by atoms with E-state index in [9.17, 15) is 0 Å². The number of hydrogen-bond donors (Lipinski definition) is 0. The molecule has 0 spiro atoms. The molecule has 0 fully saturated rings. The summed E-state index contributed by atoms with van der Waals surface area (Å²) in [6.45, 7) is 22.0. The van der Waals surface area contributed by atoms with Gasteiger partial charge >= 0.3 is 0 Å². The molecule has 3 unspecified atom stereocenters. The predicted molar refractivity (Wildman–Crippen MR) is 473 cm³/mol.